The highest BCUT2D eigenvalue weighted by molar-refractivity contribution is 5.48. The minimum Gasteiger partial charge on any atom is -0.496 e. The van der Waals surface area contributed by atoms with Crippen molar-refractivity contribution in [2.45, 2.75) is 19.9 Å². The molecule has 2 aromatic rings. The van der Waals surface area contributed by atoms with Gasteiger partial charge in [0, 0.05) is 11.1 Å². The number of rotatable bonds is 3. The maximum atomic E-state index is 13.9. The van der Waals surface area contributed by atoms with Crippen molar-refractivity contribution in [3.63, 3.8) is 0 Å². The van der Waals surface area contributed by atoms with Crippen LogP contribution in [-0.2, 0) is 0 Å². The summed E-state index contributed by atoms with van der Waals surface area (Å²) in [5.41, 5.74) is 8.25. The number of methoxy groups -OCH3 is 1. The van der Waals surface area contributed by atoms with Gasteiger partial charge >= 0.3 is 0 Å². The Morgan fingerprint density at radius 3 is 2.33 bits per heavy atom. The van der Waals surface area contributed by atoms with E-state index in [4.69, 9.17) is 10.5 Å². The molecule has 21 heavy (non-hydrogen) atoms. The second kappa shape index (κ2) is 5.77. The number of aryl methyl sites for hydroxylation is 2. The van der Waals surface area contributed by atoms with Crippen LogP contribution in [-0.4, -0.2) is 7.11 Å². The summed E-state index contributed by atoms with van der Waals surface area (Å²) in [5.74, 6) is -3.55. The van der Waals surface area contributed by atoms with E-state index in [9.17, 15) is 13.2 Å². The van der Waals surface area contributed by atoms with Crippen molar-refractivity contribution < 1.29 is 17.9 Å². The Kier molecular flexibility index (Phi) is 4.23. The molecular formula is C16H16F3NO. The normalized spacial score (nSPS) is 12.3. The molecule has 0 saturated carbocycles. The standard InChI is InChI=1S/C16H16F3NO/c1-8-6-9(2)13(12(7-8)21-3)16(20)10-4-5-11(17)15(19)14(10)18/h4-7,16H,20H2,1-3H3. The summed E-state index contributed by atoms with van der Waals surface area (Å²) in [5, 5.41) is 0. The first-order chi connectivity index (χ1) is 9.86. The SMILES string of the molecule is COc1cc(C)cc(C)c1C(N)c1ccc(F)c(F)c1F. The van der Waals surface area contributed by atoms with Crippen molar-refractivity contribution in [3.8, 4) is 5.75 Å². The van der Waals surface area contributed by atoms with E-state index in [0.717, 1.165) is 23.3 Å². The molecule has 0 aliphatic carbocycles. The molecular weight excluding hydrogens is 279 g/mol. The summed E-state index contributed by atoms with van der Waals surface area (Å²) in [6.07, 6.45) is 0. The Balaban J connectivity index is 2.60. The number of benzene rings is 2. The van der Waals surface area contributed by atoms with Crippen LogP contribution >= 0.6 is 0 Å². The zero-order valence-corrected chi connectivity index (χ0v) is 12.0. The van der Waals surface area contributed by atoms with Gasteiger partial charge in [0.25, 0.3) is 0 Å². The monoisotopic (exact) mass is 295 g/mol. The van der Waals surface area contributed by atoms with Crippen molar-refractivity contribution in [1.29, 1.82) is 0 Å². The van der Waals surface area contributed by atoms with E-state index in [1.54, 1.807) is 6.07 Å². The van der Waals surface area contributed by atoms with Crippen LogP contribution in [0.25, 0.3) is 0 Å². The van der Waals surface area contributed by atoms with Crippen molar-refractivity contribution in [1.82, 2.24) is 0 Å². The minimum absolute atomic E-state index is 0.112. The second-order valence-corrected chi connectivity index (χ2v) is 4.94. The molecule has 0 heterocycles. The van der Waals surface area contributed by atoms with Gasteiger partial charge in [0.15, 0.2) is 17.5 Å². The molecule has 0 amide bonds. The first kappa shape index (κ1) is 15.4. The average molecular weight is 295 g/mol. The van der Waals surface area contributed by atoms with Gasteiger partial charge in [0.2, 0.25) is 0 Å². The van der Waals surface area contributed by atoms with Gasteiger partial charge in [0.1, 0.15) is 5.75 Å². The molecule has 2 nitrogen and oxygen atoms in total. The summed E-state index contributed by atoms with van der Waals surface area (Å²) in [7, 11) is 1.48. The largest absolute Gasteiger partial charge is 0.496 e. The van der Waals surface area contributed by atoms with Gasteiger partial charge < -0.3 is 10.5 Å². The van der Waals surface area contributed by atoms with Crippen molar-refractivity contribution in [2.24, 2.45) is 5.73 Å². The van der Waals surface area contributed by atoms with Gasteiger partial charge in [-0.05, 0) is 37.1 Å². The summed E-state index contributed by atoms with van der Waals surface area (Å²) in [6, 6.07) is 4.70. The van der Waals surface area contributed by atoms with E-state index in [1.165, 1.54) is 7.11 Å². The van der Waals surface area contributed by atoms with E-state index < -0.39 is 23.5 Å². The molecule has 0 aliphatic rings. The summed E-state index contributed by atoms with van der Waals surface area (Å²) >= 11 is 0. The molecule has 0 aromatic heterocycles. The molecule has 2 rings (SSSR count). The lowest BCUT2D eigenvalue weighted by Crippen LogP contribution is -2.17. The van der Waals surface area contributed by atoms with Crippen LogP contribution in [0.4, 0.5) is 13.2 Å². The van der Waals surface area contributed by atoms with Gasteiger partial charge in [-0.3, -0.25) is 0 Å². The minimum atomic E-state index is -1.52. The summed E-state index contributed by atoms with van der Waals surface area (Å²) < 4.78 is 45.6. The van der Waals surface area contributed by atoms with Crippen LogP contribution in [0.15, 0.2) is 24.3 Å². The van der Waals surface area contributed by atoms with Crippen LogP contribution in [0.2, 0.25) is 0 Å². The highest BCUT2D eigenvalue weighted by Crippen LogP contribution is 2.34. The number of hydrogen-bond donors (Lipinski definition) is 1. The van der Waals surface area contributed by atoms with E-state index in [1.807, 2.05) is 19.9 Å². The van der Waals surface area contributed by atoms with Crippen LogP contribution in [0.3, 0.4) is 0 Å². The zero-order chi connectivity index (χ0) is 15.7. The molecule has 5 heteroatoms. The quantitative estimate of drug-likeness (QED) is 0.875. The van der Waals surface area contributed by atoms with Crippen molar-refractivity contribution in [2.75, 3.05) is 7.11 Å². The van der Waals surface area contributed by atoms with E-state index in [0.29, 0.717) is 11.3 Å². The maximum absolute atomic E-state index is 13.9. The molecule has 0 spiro atoms. The van der Waals surface area contributed by atoms with Gasteiger partial charge in [0.05, 0.1) is 13.2 Å². The number of ether oxygens (including phenoxy) is 1. The van der Waals surface area contributed by atoms with Crippen LogP contribution in [0, 0.1) is 31.3 Å². The predicted molar refractivity (Wildman–Crippen MR) is 74.8 cm³/mol. The van der Waals surface area contributed by atoms with Crippen molar-refractivity contribution in [3.05, 3.63) is 64.0 Å². The van der Waals surface area contributed by atoms with Crippen LogP contribution in [0.5, 0.6) is 5.75 Å². The van der Waals surface area contributed by atoms with Gasteiger partial charge in [-0.1, -0.05) is 12.1 Å². The lowest BCUT2D eigenvalue weighted by Gasteiger charge is -2.20. The fraction of sp³-hybridized carbons (Fsp3) is 0.250. The fourth-order valence-corrected chi connectivity index (χ4v) is 2.44. The van der Waals surface area contributed by atoms with E-state index in [-0.39, 0.29) is 5.56 Å². The van der Waals surface area contributed by atoms with Gasteiger partial charge in [-0.2, -0.15) is 0 Å². The molecule has 0 aliphatic heterocycles. The van der Waals surface area contributed by atoms with Crippen molar-refractivity contribution >= 4 is 0 Å². The van der Waals surface area contributed by atoms with Gasteiger partial charge in [-0.15, -0.1) is 0 Å². The Bertz CT molecular complexity index is 686. The van der Waals surface area contributed by atoms with Crippen LogP contribution in [0.1, 0.15) is 28.3 Å². The number of nitrogens with two attached hydrogens (primary N) is 1. The Morgan fingerprint density at radius 2 is 1.71 bits per heavy atom. The predicted octanol–water partition coefficient (Wildman–Crippen LogP) is 3.78. The molecule has 1 atom stereocenters. The Labute approximate surface area is 121 Å². The molecule has 0 fully saturated rings. The third-order valence-corrected chi connectivity index (χ3v) is 3.42. The summed E-state index contributed by atoms with van der Waals surface area (Å²) in [4.78, 5) is 0. The first-order valence-electron chi connectivity index (χ1n) is 6.41. The topological polar surface area (TPSA) is 35.2 Å². The Hall–Kier alpha value is -2.01. The van der Waals surface area contributed by atoms with E-state index >= 15 is 0 Å². The number of halogens is 3. The highest BCUT2D eigenvalue weighted by Gasteiger charge is 2.23. The lowest BCUT2D eigenvalue weighted by atomic mass is 9.93. The molecule has 0 radical (unpaired) electrons. The molecule has 0 bridgehead atoms. The average Bonchev–Trinajstić information content (AvgIpc) is 2.43. The molecule has 0 saturated heterocycles. The zero-order valence-electron chi connectivity index (χ0n) is 12.0. The smallest absolute Gasteiger partial charge is 0.194 e. The molecule has 2 aromatic carbocycles. The summed E-state index contributed by atoms with van der Waals surface area (Å²) in [6.45, 7) is 3.70. The molecule has 1 unspecified atom stereocenters. The second-order valence-electron chi connectivity index (χ2n) is 4.94. The Morgan fingerprint density at radius 1 is 1.05 bits per heavy atom. The van der Waals surface area contributed by atoms with E-state index in [2.05, 4.69) is 0 Å². The maximum Gasteiger partial charge on any atom is 0.194 e. The highest BCUT2D eigenvalue weighted by atomic mass is 19.2. The molecule has 2 N–H and O–H groups in total. The van der Waals surface area contributed by atoms with Gasteiger partial charge in [-0.25, -0.2) is 13.2 Å². The molecule has 112 valence electrons. The lowest BCUT2D eigenvalue weighted by molar-refractivity contribution is 0.405. The third-order valence-electron chi connectivity index (χ3n) is 3.42. The first-order valence-corrected chi connectivity index (χ1v) is 6.41. The van der Waals surface area contributed by atoms with Crippen LogP contribution < -0.4 is 10.5 Å². The fourth-order valence-electron chi connectivity index (χ4n) is 2.44. The number of hydrogen-bond acceptors (Lipinski definition) is 2. The third kappa shape index (κ3) is 2.74.